The van der Waals surface area contributed by atoms with Gasteiger partial charge in [-0.1, -0.05) is 37.5 Å². The number of hydrogen-bond acceptors (Lipinski definition) is 6. The van der Waals surface area contributed by atoms with E-state index in [1.54, 1.807) is 28.6 Å². The molecule has 1 aliphatic carbocycles. The van der Waals surface area contributed by atoms with Gasteiger partial charge in [-0.2, -0.15) is 0 Å². The molecule has 3 fully saturated rings. The number of piperidine rings is 1. The molecule has 0 radical (unpaired) electrons. The van der Waals surface area contributed by atoms with E-state index in [4.69, 9.17) is 4.42 Å². The molecule has 2 amide bonds. The van der Waals surface area contributed by atoms with Gasteiger partial charge in [0.05, 0.1) is 10.6 Å². The Bertz CT molecular complexity index is 1320. The fourth-order valence-corrected chi connectivity index (χ4v) is 7.84. The first-order valence-electron chi connectivity index (χ1n) is 13.4. The van der Waals surface area contributed by atoms with E-state index in [0.29, 0.717) is 43.1 Å². The number of thioether (sulfide) groups is 1. The maximum absolute atomic E-state index is 13.6. The summed E-state index contributed by atoms with van der Waals surface area (Å²) in [5.41, 5.74) is 1.97. The van der Waals surface area contributed by atoms with Gasteiger partial charge in [0.25, 0.3) is 0 Å². The second-order valence-electron chi connectivity index (χ2n) is 10.3. The van der Waals surface area contributed by atoms with E-state index in [-0.39, 0.29) is 34.9 Å². The number of benzene rings is 1. The number of likely N-dealkylation sites (tertiary alicyclic amines) is 1. The van der Waals surface area contributed by atoms with E-state index >= 15 is 0 Å². The monoisotopic (exact) mass is 520 g/mol. The second kappa shape index (κ2) is 10.4. The van der Waals surface area contributed by atoms with Gasteiger partial charge in [0.15, 0.2) is 0 Å². The molecule has 194 valence electrons. The predicted octanol–water partition coefficient (Wildman–Crippen LogP) is 4.60. The van der Waals surface area contributed by atoms with Crippen molar-refractivity contribution in [3.63, 3.8) is 0 Å². The van der Waals surface area contributed by atoms with Gasteiger partial charge in [0.2, 0.25) is 17.5 Å². The van der Waals surface area contributed by atoms with E-state index < -0.39 is 5.76 Å². The summed E-state index contributed by atoms with van der Waals surface area (Å²) in [7, 11) is 0. The highest BCUT2D eigenvalue weighted by Gasteiger charge is 2.46. The number of carbonyl (C=O) groups excluding carboxylic acids is 2. The van der Waals surface area contributed by atoms with Crippen molar-refractivity contribution in [2.75, 3.05) is 18.0 Å². The smallest absolute Gasteiger partial charge is 0.389 e. The Hall–Kier alpha value is -3.07. The summed E-state index contributed by atoms with van der Waals surface area (Å²) in [4.78, 5) is 47.4. The molecular formula is C28H32N4O4S. The first-order valence-corrected chi connectivity index (χ1v) is 14.3. The van der Waals surface area contributed by atoms with Crippen LogP contribution in [0.1, 0.15) is 57.4 Å². The highest BCUT2D eigenvalue weighted by atomic mass is 32.2. The van der Waals surface area contributed by atoms with E-state index in [0.717, 1.165) is 18.5 Å². The third-order valence-electron chi connectivity index (χ3n) is 8.09. The Balaban J connectivity index is 1.13. The summed E-state index contributed by atoms with van der Waals surface area (Å²) in [6, 6.07) is 13.5. The topological polar surface area (TPSA) is 88.7 Å². The average Bonchev–Trinajstić information content (AvgIpc) is 3.45. The molecule has 3 aromatic rings. The fraction of sp³-hybridized carbons (Fsp3) is 0.500. The van der Waals surface area contributed by atoms with E-state index in [2.05, 4.69) is 4.98 Å². The molecule has 9 heteroatoms. The number of aromatic nitrogens is 2. The number of fused-ring (bicyclic) bond motifs is 1. The molecule has 2 aliphatic heterocycles. The van der Waals surface area contributed by atoms with E-state index in [1.165, 1.54) is 19.3 Å². The van der Waals surface area contributed by atoms with Crippen LogP contribution in [0.25, 0.3) is 11.2 Å². The maximum Gasteiger partial charge on any atom is 0.421 e. The molecule has 37 heavy (non-hydrogen) atoms. The Labute approximate surface area is 220 Å². The number of para-hydroxylation sites is 1. The first-order chi connectivity index (χ1) is 18.1. The molecule has 1 aromatic carbocycles. The zero-order valence-corrected chi connectivity index (χ0v) is 21.6. The molecular weight excluding hydrogens is 488 g/mol. The fourth-order valence-electron chi connectivity index (χ4n) is 6.19. The minimum atomic E-state index is -0.402. The predicted molar refractivity (Wildman–Crippen MR) is 143 cm³/mol. The van der Waals surface area contributed by atoms with Gasteiger partial charge in [-0.3, -0.25) is 19.1 Å². The number of amides is 2. The van der Waals surface area contributed by atoms with Crippen LogP contribution < -0.4 is 10.7 Å². The van der Waals surface area contributed by atoms with Gasteiger partial charge in [0.1, 0.15) is 5.52 Å². The third-order valence-corrected chi connectivity index (χ3v) is 9.66. The van der Waals surface area contributed by atoms with Crippen LogP contribution in [0.15, 0.2) is 57.9 Å². The summed E-state index contributed by atoms with van der Waals surface area (Å²) >= 11 is 1.69. The van der Waals surface area contributed by atoms with Gasteiger partial charge in [-0.05, 0) is 55.9 Å². The number of anilines is 1. The quantitative estimate of drug-likeness (QED) is 0.489. The molecule has 6 rings (SSSR count). The molecule has 0 N–H and O–H groups in total. The lowest BCUT2D eigenvalue weighted by atomic mass is 9.88. The molecule has 2 saturated heterocycles. The van der Waals surface area contributed by atoms with Crippen molar-refractivity contribution in [1.82, 2.24) is 14.5 Å². The number of rotatable bonds is 5. The number of hydrogen-bond donors (Lipinski definition) is 0. The van der Waals surface area contributed by atoms with Crippen LogP contribution >= 0.6 is 11.8 Å². The van der Waals surface area contributed by atoms with Gasteiger partial charge in [0, 0.05) is 37.4 Å². The molecule has 0 spiro atoms. The van der Waals surface area contributed by atoms with Crippen molar-refractivity contribution in [3.05, 3.63) is 59.2 Å². The molecule has 1 saturated carbocycles. The molecule has 0 bridgehead atoms. The lowest BCUT2D eigenvalue weighted by molar-refractivity contribution is -0.133. The molecule has 3 aliphatic rings. The van der Waals surface area contributed by atoms with Crippen LogP contribution in [-0.2, 0) is 9.59 Å². The van der Waals surface area contributed by atoms with Crippen LogP contribution in [0.5, 0.6) is 0 Å². The van der Waals surface area contributed by atoms with Gasteiger partial charge in [-0.25, -0.2) is 9.78 Å². The van der Waals surface area contributed by atoms with Crippen molar-refractivity contribution in [1.29, 1.82) is 0 Å². The number of carbonyl (C=O) groups is 2. The number of nitrogens with zero attached hydrogens (tertiary/aromatic N) is 4. The highest BCUT2D eigenvalue weighted by molar-refractivity contribution is 8.02. The van der Waals surface area contributed by atoms with E-state index in [1.807, 2.05) is 46.2 Å². The molecule has 2 unspecified atom stereocenters. The number of pyridine rings is 1. The minimum Gasteiger partial charge on any atom is -0.389 e. The summed E-state index contributed by atoms with van der Waals surface area (Å²) < 4.78 is 6.98. The minimum absolute atomic E-state index is 0.0210. The zero-order chi connectivity index (χ0) is 25.4. The SMILES string of the molecule is O=C(CC1SC(C2CCCCC2)N(c2ccccc2)C1=O)N1CCC(n2c(=O)oc3ncccc32)CC1. The normalized spacial score (nSPS) is 23.7. The maximum atomic E-state index is 13.6. The zero-order valence-electron chi connectivity index (χ0n) is 20.8. The Kier molecular flexibility index (Phi) is 6.80. The first kappa shape index (κ1) is 24.3. The van der Waals surface area contributed by atoms with Crippen molar-refractivity contribution < 1.29 is 14.0 Å². The molecule has 8 nitrogen and oxygen atoms in total. The van der Waals surface area contributed by atoms with Crippen LogP contribution in [0.4, 0.5) is 5.69 Å². The van der Waals surface area contributed by atoms with Crippen molar-refractivity contribution in [2.24, 2.45) is 5.92 Å². The summed E-state index contributed by atoms with van der Waals surface area (Å²) in [5.74, 6) is 0.143. The number of oxazole rings is 1. The van der Waals surface area contributed by atoms with Gasteiger partial charge in [-0.15, -0.1) is 11.8 Å². The van der Waals surface area contributed by atoms with E-state index in [9.17, 15) is 14.4 Å². The lowest BCUT2D eigenvalue weighted by Gasteiger charge is -2.33. The van der Waals surface area contributed by atoms with Crippen molar-refractivity contribution in [2.45, 2.75) is 68.0 Å². The Morgan fingerprint density at radius 1 is 0.973 bits per heavy atom. The largest absolute Gasteiger partial charge is 0.421 e. The standard InChI is InChI=1S/C28H32N4O4S/c33-24(30-16-13-21(14-17-30)31-22-12-7-15-29-25(22)36-28(31)35)18-23-26(34)32(20-10-5-2-6-11-20)27(37-23)19-8-3-1-4-9-19/h2,5-7,10-12,15,19,21,23,27H,1,3-4,8-9,13-14,16-18H2. The molecule has 2 atom stereocenters. The average molecular weight is 521 g/mol. The summed E-state index contributed by atoms with van der Waals surface area (Å²) in [5, 5.41) is -0.266. The molecule has 4 heterocycles. The second-order valence-corrected chi connectivity index (χ2v) is 11.7. The Morgan fingerprint density at radius 2 is 1.73 bits per heavy atom. The van der Waals surface area contributed by atoms with Crippen LogP contribution in [0.2, 0.25) is 0 Å². The third kappa shape index (κ3) is 4.69. The lowest BCUT2D eigenvalue weighted by Crippen LogP contribution is -2.42. The van der Waals surface area contributed by atoms with Gasteiger partial charge < -0.3 is 9.32 Å². The summed E-state index contributed by atoms with van der Waals surface area (Å²) in [6.45, 7) is 1.12. The Morgan fingerprint density at radius 3 is 2.49 bits per heavy atom. The highest BCUT2D eigenvalue weighted by Crippen LogP contribution is 2.45. The van der Waals surface area contributed by atoms with Crippen molar-refractivity contribution in [3.8, 4) is 0 Å². The molecule has 2 aromatic heterocycles. The van der Waals surface area contributed by atoms with Crippen molar-refractivity contribution >= 4 is 40.5 Å². The van der Waals surface area contributed by atoms with Crippen LogP contribution in [0.3, 0.4) is 0 Å². The summed E-state index contributed by atoms with van der Waals surface area (Å²) in [6.07, 6.45) is 9.13. The van der Waals surface area contributed by atoms with Gasteiger partial charge >= 0.3 is 5.76 Å². The van der Waals surface area contributed by atoms with Crippen LogP contribution in [-0.4, -0.2) is 50.0 Å². The van der Waals surface area contributed by atoms with Crippen LogP contribution in [0, 0.1) is 5.92 Å².